The van der Waals surface area contributed by atoms with Gasteiger partial charge in [-0.15, -0.1) is 0 Å². The summed E-state index contributed by atoms with van der Waals surface area (Å²) in [5, 5.41) is 8.20. The summed E-state index contributed by atoms with van der Waals surface area (Å²) in [7, 11) is 0. The van der Waals surface area contributed by atoms with E-state index in [0.717, 1.165) is 0 Å². The SMILES string of the molecule is N#CCc1c[c]ncn1. The van der Waals surface area contributed by atoms with Crippen LogP contribution in [0.4, 0.5) is 0 Å². The van der Waals surface area contributed by atoms with E-state index in [4.69, 9.17) is 5.26 Å². The third-order valence-corrected chi connectivity index (χ3v) is 0.847. The van der Waals surface area contributed by atoms with Crippen molar-refractivity contribution in [2.24, 2.45) is 0 Å². The number of nitriles is 1. The molecule has 0 N–H and O–H groups in total. The molecule has 0 fully saturated rings. The zero-order valence-electron chi connectivity index (χ0n) is 4.70. The van der Waals surface area contributed by atoms with Gasteiger partial charge >= 0.3 is 0 Å². The van der Waals surface area contributed by atoms with Crippen molar-refractivity contribution in [3.8, 4) is 6.07 Å². The molecule has 0 aromatic carbocycles. The summed E-state index contributed by atoms with van der Waals surface area (Å²) < 4.78 is 0. The molecule has 1 aromatic rings. The van der Waals surface area contributed by atoms with Crippen LogP contribution in [-0.2, 0) is 6.42 Å². The van der Waals surface area contributed by atoms with E-state index in [9.17, 15) is 0 Å². The lowest BCUT2D eigenvalue weighted by molar-refractivity contribution is 1.05. The number of nitrogens with zero attached hydrogens (tertiary/aromatic N) is 3. The molecule has 3 nitrogen and oxygen atoms in total. The molecule has 9 heavy (non-hydrogen) atoms. The van der Waals surface area contributed by atoms with Gasteiger partial charge in [0.2, 0.25) is 0 Å². The second-order valence-corrected chi connectivity index (χ2v) is 1.47. The third-order valence-electron chi connectivity index (χ3n) is 0.847. The van der Waals surface area contributed by atoms with Crippen LogP contribution in [0.1, 0.15) is 5.69 Å². The molecule has 0 saturated heterocycles. The fourth-order valence-electron chi connectivity index (χ4n) is 0.463. The van der Waals surface area contributed by atoms with E-state index in [1.807, 2.05) is 6.07 Å². The monoisotopic (exact) mass is 118 g/mol. The lowest BCUT2D eigenvalue weighted by Crippen LogP contribution is -1.86. The molecular formula is C6H4N3. The molecule has 0 atom stereocenters. The summed E-state index contributed by atoms with van der Waals surface area (Å²) in [6.45, 7) is 0. The lowest BCUT2D eigenvalue weighted by Gasteiger charge is -1.85. The molecular weight excluding hydrogens is 114 g/mol. The summed E-state index contributed by atoms with van der Waals surface area (Å²) in [4.78, 5) is 7.39. The van der Waals surface area contributed by atoms with Crippen LogP contribution in [0.5, 0.6) is 0 Å². The standard InChI is InChI=1S/C6H4N3/c7-3-1-6-2-4-8-5-9-6/h2,5H,1H2. The fraction of sp³-hybridized carbons (Fsp3) is 0.167. The number of rotatable bonds is 1. The summed E-state index contributed by atoms with van der Waals surface area (Å²) in [5.41, 5.74) is 0.715. The molecule has 43 valence electrons. The predicted molar refractivity (Wildman–Crippen MR) is 30.2 cm³/mol. The minimum absolute atomic E-state index is 0.332. The van der Waals surface area contributed by atoms with Crippen LogP contribution in [0.25, 0.3) is 0 Å². The van der Waals surface area contributed by atoms with Crippen LogP contribution in [0, 0.1) is 17.5 Å². The molecule has 0 bridgehead atoms. The number of hydrogen-bond acceptors (Lipinski definition) is 3. The highest BCUT2D eigenvalue weighted by Crippen LogP contribution is 1.88. The normalized spacial score (nSPS) is 8.33. The summed E-state index contributed by atoms with van der Waals surface area (Å²) >= 11 is 0. The molecule has 0 amide bonds. The highest BCUT2D eigenvalue weighted by atomic mass is 14.8. The average molecular weight is 118 g/mol. The Kier molecular flexibility index (Phi) is 1.76. The molecule has 1 heterocycles. The van der Waals surface area contributed by atoms with Crippen LogP contribution < -0.4 is 0 Å². The van der Waals surface area contributed by atoms with Crippen molar-refractivity contribution in [1.29, 1.82) is 5.26 Å². The third kappa shape index (κ3) is 1.50. The van der Waals surface area contributed by atoms with Crippen molar-refractivity contribution >= 4 is 0 Å². The van der Waals surface area contributed by atoms with Crippen molar-refractivity contribution in [2.45, 2.75) is 6.42 Å². The summed E-state index contributed by atoms with van der Waals surface area (Å²) in [5.74, 6) is 0. The van der Waals surface area contributed by atoms with Gasteiger partial charge in [-0.1, -0.05) is 0 Å². The lowest BCUT2D eigenvalue weighted by atomic mass is 10.3. The highest BCUT2D eigenvalue weighted by Gasteiger charge is 1.87. The number of aromatic nitrogens is 2. The zero-order chi connectivity index (χ0) is 6.53. The maximum Gasteiger partial charge on any atom is 0.116 e. The number of hydrogen-bond donors (Lipinski definition) is 0. The van der Waals surface area contributed by atoms with Gasteiger partial charge in [-0.25, -0.2) is 9.97 Å². The Balaban J connectivity index is 2.76. The van der Waals surface area contributed by atoms with Gasteiger partial charge in [0.25, 0.3) is 0 Å². The minimum Gasteiger partial charge on any atom is -0.240 e. The van der Waals surface area contributed by atoms with Crippen molar-refractivity contribution in [1.82, 2.24) is 9.97 Å². The van der Waals surface area contributed by atoms with Crippen molar-refractivity contribution in [2.75, 3.05) is 0 Å². The van der Waals surface area contributed by atoms with Gasteiger partial charge in [0.05, 0.1) is 24.4 Å². The van der Waals surface area contributed by atoms with Gasteiger partial charge in [-0.2, -0.15) is 5.26 Å². The van der Waals surface area contributed by atoms with Gasteiger partial charge in [0.1, 0.15) is 6.33 Å². The second kappa shape index (κ2) is 2.78. The van der Waals surface area contributed by atoms with Crippen LogP contribution in [0.15, 0.2) is 12.4 Å². The Labute approximate surface area is 53.0 Å². The molecule has 3 heteroatoms. The predicted octanol–water partition coefficient (Wildman–Crippen LogP) is 0.343. The smallest absolute Gasteiger partial charge is 0.116 e. The average Bonchev–Trinajstić information content (AvgIpc) is 1.91. The molecule has 1 aromatic heterocycles. The van der Waals surface area contributed by atoms with Crippen LogP contribution in [0.2, 0.25) is 0 Å². The van der Waals surface area contributed by atoms with Gasteiger partial charge in [0, 0.05) is 0 Å². The maximum absolute atomic E-state index is 8.20. The first-order chi connectivity index (χ1) is 4.43. The van der Waals surface area contributed by atoms with Gasteiger partial charge in [-0.05, 0) is 6.07 Å². The molecule has 0 spiro atoms. The highest BCUT2D eigenvalue weighted by molar-refractivity contribution is 5.02. The Bertz CT molecular complexity index is 211. The van der Waals surface area contributed by atoms with E-state index in [0.29, 0.717) is 12.1 Å². The molecule has 1 rings (SSSR count). The molecule has 0 aliphatic rings. The van der Waals surface area contributed by atoms with E-state index >= 15 is 0 Å². The fourth-order valence-corrected chi connectivity index (χ4v) is 0.463. The van der Waals surface area contributed by atoms with E-state index < -0.39 is 0 Å². The molecule has 0 unspecified atom stereocenters. The van der Waals surface area contributed by atoms with Crippen molar-refractivity contribution < 1.29 is 0 Å². The minimum atomic E-state index is 0.332. The van der Waals surface area contributed by atoms with E-state index in [2.05, 4.69) is 16.2 Å². The zero-order valence-corrected chi connectivity index (χ0v) is 4.70. The summed E-state index contributed by atoms with van der Waals surface area (Å²) in [6.07, 6.45) is 4.30. The summed E-state index contributed by atoms with van der Waals surface area (Å²) in [6, 6.07) is 3.57. The first-order valence-electron chi connectivity index (χ1n) is 2.47. The Morgan fingerprint density at radius 3 is 3.22 bits per heavy atom. The molecule has 0 aliphatic carbocycles. The van der Waals surface area contributed by atoms with Gasteiger partial charge < -0.3 is 0 Å². The van der Waals surface area contributed by atoms with E-state index in [1.165, 1.54) is 6.33 Å². The molecule has 0 aliphatic heterocycles. The van der Waals surface area contributed by atoms with Crippen molar-refractivity contribution in [3.05, 3.63) is 24.3 Å². The first-order valence-corrected chi connectivity index (χ1v) is 2.47. The second-order valence-electron chi connectivity index (χ2n) is 1.47. The Hall–Kier alpha value is -1.43. The van der Waals surface area contributed by atoms with E-state index in [1.54, 1.807) is 6.07 Å². The first kappa shape index (κ1) is 5.70. The molecule has 0 saturated carbocycles. The largest absolute Gasteiger partial charge is 0.240 e. The Morgan fingerprint density at radius 2 is 2.67 bits per heavy atom. The van der Waals surface area contributed by atoms with Gasteiger partial charge in [-0.3, -0.25) is 0 Å². The Morgan fingerprint density at radius 1 is 1.78 bits per heavy atom. The maximum atomic E-state index is 8.20. The topological polar surface area (TPSA) is 49.6 Å². The quantitative estimate of drug-likeness (QED) is 0.534. The van der Waals surface area contributed by atoms with E-state index in [-0.39, 0.29) is 0 Å². The van der Waals surface area contributed by atoms with Crippen LogP contribution in [-0.4, -0.2) is 9.97 Å². The van der Waals surface area contributed by atoms with Crippen LogP contribution >= 0.6 is 0 Å². The van der Waals surface area contributed by atoms with Crippen molar-refractivity contribution in [3.63, 3.8) is 0 Å². The molecule has 1 radical (unpaired) electrons. The van der Waals surface area contributed by atoms with Gasteiger partial charge in [0.15, 0.2) is 0 Å². The van der Waals surface area contributed by atoms with Crippen LogP contribution in [0.3, 0.4) is 0 Å².